The van der Waals surface area contributed by atoms with Gasteiger partial charge in [0.15, 0.2) is 5.82 Å². The lowest BCUT2D eigenvalue weighted by Crippen LogP contribution is -2.28. The molecule has 0 radical (unpaired) electrons. The first-order valence-electron chi connectivity index (χ1n) is 6.97. The van der Waals surface area contributed by atoms with Crippen LogP contribution in [0.15, 0.2) is 24.3 Å². The Balaban J connectivity index is 2.43. The molecule has 0 saturated heterocycles. The van der Waals surface area contributed by atoms with E-state index in [4.69, 9.17) is 4.74 Å². The summed E-state index contributed by atoms with van der Waals surface area (Å²) in [7, 11) is 0. The van der Waals surface area contributed by atoms with E-state index in [1.165, 1.54) is 28.9 Å². The molecule has 0 spiro atoms. The van der Waals surface area contributed by atoms with Crippen molar-refractivity contribution < 1.29 is 13.9 Å². The van der Waals surface area contributed by atoms with Gasteiger partial charge in [-0.1, -0.05) is 0 Å². The molecule has 0 bridgehead atoms. The zero-order valence-electron chi connectivity index (χ0n) is 13.3. The number of anilines is 1. The number of amides is 1. The van der Waals surface area contributed by atoms with E-state index in [9.17, 15) is 14.4 Å². The summed E-state index contributed by atoms with van der Waals surface area (Å²) in [6.07, 6.45) is -0.697. The van der Waals surface area contributed by atoms with E-state index in [0.29, 0.717) is 11.4 Å². The number of nitrogens with one attached hydrogen (secondary N) is 1. The van der Waals surface area contributed by atoms with Crippen LogP contribution in [0.4, 0.5) is 15.0 Å². The molecule has 23 heavy (non-hydrogen) atoms. The molecule has 0 aliphatic carbocycles. The highest BCUT2D eigenvalue weighted by Gasteiger charge is 2.22. The molecule has 0 fully saturated rings. The fourth-order valence-electron chi connectivity index (χ4n) is 1.95. The topological polar surface area (TPSA) is 79.9 Å². The van der Waals surface area contributed by atoms with Gasteiger partial charge in [0.25, 0.3) is 0 Å². The van der Waals surface area contributed by atoms with Crippen molar-refractivity contribution in [3.63, 3.8) is 0 Å². The van der Waals surface area contributed by atoms with Crippen LogP contribution in [0, 0.1) is 24.1 Å². The maximum atomic E-state index is 13.1. The molecule has 6 nitrogen and oxygen atoms in total. The second-order valence-electron chi connectivity index (χ2n) is 5.94. The highest BCUT2D eigenvalue weighted by Crippen LogP contribution is 2.24. The van der Waals surface area contributed by atoms with Crippen LogP contribution in [-0.2, 0) is 4.74 Å². The summed E-state index contributed by atoms with van der Waals surface area (Å²) in [6, 6.07) is 7.56. The minimum atomic E-state index is -0.697. The predicted octanol–water partition coefficient (Wildman–Crippen LogP) is 3.54. The van der Waals surface area contributed by atoms with Crippen molar-refractivity contribution in [2.24, 2.45) is 0 Å². The Hall–Kier alpha value is -2.88. The molecule has 1 amide bonds. The normalized spacial score (nSPS) is 11.0. The predicted molar refractivity (Wildman–Crippen MR) is 82.8 cm³/mol. The summed E-state index contributed by atoms with van der Waals surface area (Å²) in [5.74, 6) is -0.203. The number of carbonyl (C=O) groups is 1. The first kappa shape index (κ1) is 16.5. The molecule has 2 aromatic rings. The Morgan fingerprint density at radius 2 is 1.96 bits per heavy atom. The summed E-state index contributed by atoms with van der Waals surface area (Å²) in [5, 5.41) is 16.1. The van der Waals surface area contributed by atoms with E-state index in [0.717, 1.165) is 0 Å². The number of halogens is 1. The van der Waals surface area contributed by atoms with E-state index in [-0.39, 0.29) is 17.2 Å². The highest BCUT2D eigenvalue weighted by atomic mass is 19.1. The molecule has 0 aliphatic rings. The summed E-state index contributed by atoms with van der Waals surface area (Å²) in [6.45, 7) is 6.86. The second kappa shape index (κ2) is 6.08. The van der Waals surface area contributed by atoms with Gasteiger partial charge in [0.05, 0.1) is 11.4 Å². The minimum absolute atomic E-state index is 0.186. The van der Waals surface area contributed by atoms with Gasteiger partial charge >= 0.3 is 6.09 Å². The first-order valence-corrected chi connectivity index (χ1v) is 6.97. The zero-order valence-corrected chi connectivity index (χ0v) is 13.3. The maximum absolute atomic E-state index is 13.1. The van der Waals surface area contributed by atoms with Crippen molar-refractivity contribution in [2.75, 3.05) is 5.32 Å². The van der Waals surface area contributed by atoms with E-state index < -0.39 is 11.7 Å². The monoisotopic (exact) mass is 316 g/mol. The molecule has 0 aliphatic heterocycles. The van der Waals surface area contributed by atoms with Gasteiger partial charge in [0, 0.05) is 0 Å². The molecular formula is C16H17FN4O2. The maximum Gasteiger partial charge on any atom is 0.413 e. The molecule has 0 unspecified atom stereocenters. The molecule has 7 heteroatoms. The standard InChI is InChI=1S/C16H17FN4O2/c1-10-13(9-18)14(19-15(22)23-16(2,3)4)21(20-10)12-7-5-11(17)6-8-12/h5-8H,1-4H3,(H,19,22). The molecule has 0 atom stereocenters. The van der Waals surface area contributed by atoms with E-state index >= 15 is 0 Å². The number of nitrogens with zero attached hydrogens (tertiary/aromatic N) is 3. The summed E-state index contributed by atoms with van der Waals surface area (Å²) >= 11 is 0. The molecule has 1 aromatic heterocycles. The Labute approximate surface area is 133 Å². The van der Waals surface area contributed by atoms with Gasteiger partial charge < -0.3 is 4.74 Å². The number of carbonyl (C=O) groups excluding carboxylic acids is 1. The minimum Gasteiger partial charge on any atom is -0.444 e. The van der Waals surface area contributed by atoms with Gasteiger partial charge in [-0.25, -0.2) is 13.9 Å². The number of aromatic nitrogens is 2. The van der Waals surface area contributed by atoms with Gasteiger partial charge in [0.1, 0.15) is 23.1 Å². The molecule has 120 valence electrons. The fourth-order valence-corrected chi connectivity index (χ4v) is 1.95. The van der Waals surface area contributed by atoms with Crippen LogP contribution in [0.3, 0.4) is 0 Å². The highest BCUT2D eigenvalue weighted by molar-refractivity contribution is 5.86. The van der Waals surface area contributed by atoms with Crippen LogP contribution in [0.5, 0.6) is 0 Å². The van der Waals surface area contributed by atoms with Crippen LogP contribution >= 0.6 is 0 Å². The van der Waals surface area contributed by atoms with Crippen molar-refractivity contribution in [3.05, 3.63) is 41.3 Å². The molecule has 1 heterocycles. The van der Waals surface area contributed by atoms with Crippen molar-refractivity contribution in [3.8, 4) is 11.8 Å². The van der Waals surface area contributed by atoms with Crippen LogP contribution in [-0.4, -0.2) is 21.5 Å². The smallest absolute Gasteiger partial charge is 0.413 e. The lowest BCUT2D eigenvalue weighted by atomic mass is 10.2. The molecule has 0 saturated carbocycles. The first-order chi connectivity index (χ1) is 10.7. The van der Waals surface area contributed by atoms with Crippen LogP contribution < -0.4 is 5.32 Å². The van der Waals surface area contributed by atoms with Crippen LogP contribution in [0.1, 0.15) is 32.0 Å². The third kappa shape index (κ3) is 3.86. The number of rotatable bonds is 2. The van der Waals surface area contributed by atoms with Crippen molar-refractivity contribution in [1.29, 1.82) is 5.26 Å². The lowest BCUT2D eigenvalue weighted by Gasteiger charge is -2.20. The molecule has 1 N–H and O–H groups in total. The van der Waals surface area contributed by atoms with E-state index in [2.05, 4.69) is 10.4 Å². The number of hydrogen-bond donors (Lipinski definition) is 1. The molecule has 2 rings (SSSR count). The average molecular weight is 316 g/mol. The zero-order chi connectivity index (χ0) is 17.2. The van der Waals surface area contributed by atoms with Crippen LogP contribution in [0.2, 0.25) is 0 Å². The number of nitriles is 1. The average Bonchev–Trinajstić information content (AvgIpc) is 2.73. The number of ether oxygens (including phenoxy) is 1. The Bertz CT molecular complexity index is 767. The van der Waals surface area contributed by atoms with Crippen molar-refractivity contribution >= 4 is 11.9 Å². The van der Waals surface area contributed by atoms with Gasteiger partial charge in [-0.05, 0) is 52.0 Å². The largest absolute Gasteiger partial charge is 0.444 e. The van der Waals surface area contributed by atoms with Gasteiger partial charge in [-0.2, -0.15) is 10.4 Å². The summed E-state index contributed by atoms with van der Waals surface area (Å²) in [5.41, 5.74) is 0.511. The van der Waals surface area contributed by atoms with Crippen molar-refractivity contribution in [1.82, 2.24) is 9.78 Å². The Morgan fingerprint density at radius 3 is 2.48 bits per heavy atom. The number of benzene rings is 1. The van der Waals surface area contributed by atoms with Gasteiger partial charge in [0.2, 0.25) is 0 Å². The lowest BCUT2D eigenvalue weighted by molar-refractivity contribution is 0.0635. The number of hydrogen-bond acceptors (Lipinski definition) is 4. The quantitative estimate of drug-likeness (QED) is 0.919. The summed E-state index contributed by atoms with van der Waals surface area (Å²) < 4.78 is 19.6. The second-order valence-corrected chi connectivity index (χ2v) is 5.94. The molecule has 1 aromatic carbocycles. The van der Waals surface area contributed by atoms with E-state index in [1.807, 2.05) is 6.07 Å². The third-order valence-corrected chi connectivity index (χ3v) is 2.86. The van der Waals surface area contributed by atoms with E-state index in [1.54, 1.807) is 27.7 Å². The van der Waals surface area contributed by atoms with Crippen LogP contribution in [0.25, 0.3) is 5.69 Å². The SMILES string of the molecule is Cc1nn(-c2ccc(F)cc2)c(NC(=O)OC(C)(C)C)c1C#N. The third-order valence-electron chi connectivity index (χ3n) is 2.86. The van der Waals surface area contributed by atoms with Crippen molar-refractivity contribution in [2.45, 2.75) is 33.3 Å². The fraction of sp³-hybridized carbons (Fsp3) is 0.312. The number of aryl methyl sites for hydroxylation is 1. The molecular weight excluding hydrogens is 299 g/mol. The van der Waals surface area contributed by atoms with Gasteiger partial charge in [-0.3, -0.25) is 5.32 Å². The summed E-state index contributed by atoms with van der Waals surface area (Å²) in [4.78, 5) is 12.0. The Kier molecular flexibility index (Phi) is 4.36. The Morgan fingerprint density at radius 1 is 1.35 bits per heavy atom. The van der Waals surface area contributed by atoms with Gasteiger partial charge in [-0.15, -0.1) is 0 Å².